The number of likely N-dealkylation sites (tertiary alicyclic amines) is 1. The van der Waals surface area contributed by atoms with Crippen molar-refractivity contribution in [1.29, 1.82) is 0 Å². The van der Waals surface area contributed by atoms with Crippen molar-refractivity contribution in [3.8, 4) is 0 Å². The van der Waals surface area contributed by atoms with Crippen molar-refractivity contribution in [3.63, 3.8) is 0 Å². The molecule has 1 aromatic rings. The second-order valence-electron chi connectivity index (χ2n) is 4.36. The molecule has 1 amide bonds. The van der Waals surface area contributed by atoms with E-state index in [1.807, 2.05) is 4.90 Å². The van der Waals surface area contributed by atoms with E-state index in [0.717, 1.165) is 25.9 Å². The van der Waals surface area contributed by atoms with E-state index in [0.29, 0.717) is 11.5 Å². The predicted molar refractivity (Wildman–Crippen MR) is 70.5 cm³/mol. The van der Waals surface area contributed by atoms with Crippen LogP contribution in [0, 0.1) is 0 Å². The number of rotatable bonds is 3. The number of aromatic nitrogens is 2. The van der Waals surface area contributed by atoms with Gasteiger partial charge in [-0.25, -0.2) is 4.98 Å². The zero-order valence-electron chi connectivity index (χ0n) is 10.3. The quantitative estimate of drug-likeness (QED) is 0.821. The molecule has 1 fully saturated rings. The van der Waals surface area contributed by atoms with Crippen LogP contribution < -0.4 is 10.6 Å². The zero-order chi connectivity index (χ0) is 13.1. The minimum absolute atomic E-state index is 0.0872. The topological polar surface area (TPSA) is 75.4 Å². The predicted octanol–water partition coefficient (Wildman–Crippen LogP) is 0.771. The molecule has 6 nitrogen and oxygen atoms in total. The number of anilines is 2. The van der Waals surface area contributed by atoms with E-state index in [1.54, 1.807) is 11.9 Å². The Morgan fingerprint density at radius 1 is 1.56 bits per heavy atom. The van der Waals surface area contributed by atoms with Crippen LogP contribution in [0.5, 0.6) is 0 Å². The Morgan fingerprint density at radius 2 is 2.22 bits per heavy atom. The number of nitrogens with two attached hydrogens (primary N) is 1. The van der Waals surface area contributed by atoms with E-state index >= 15 is 0 Å². The first-order valence-corrected chi connectivity index (χ1v) is 6.22. The van der Waals surface area contributed by atoms with E-state index in [9.17, 15) is 4.79 Å². The molecule has 2 N–H and O–H groups in total. The minimum Gasteiger partial charge on any atom is -0.394 e. The minimum atomic E-state index is 0.0872. The number of hydrogen-bond acceptors (Lipinski definition) is 5. The molecule has 1 saturated heterocycles. The van der Waals surface area contributed by atoms with Gasteiger partial charge in [0.05, 0.1) is 18.4 Å². The summed E-state index contributed by atoms with van der Waals surface area (Å²) in [5, 5.41) is 0.125. The Bertz CT molecular complexity index is 447. The first-order chi connectivity index (χ1) is 8.58. The average Bonchev–Trinajstić information content (AvgIpc) is 2.85. The zero-order valence-corrected chi connectivity index (χ0v) is 11.0. The van der Waals surface area contributed by atoms with Gasteiger partial charge in [0.1, 0.15) is 0 Å². The van der Waals surface area contributed by atoms with Gasteiger partial charge in [-0.05, 0) is 24.4 Å². The summed E-state index contributed by atoms with van der Waals surface area (Å²) in [6.45, 7) is 1.93. The third-order valence-corrected chi connectivity index (χ3v) is 3.14. The van der Waals surface area contributed by atoms with E-state index in [2.05, 4.69) is 9.97 Å². The molecule has 0 atom stereocenters. The summed E-state index contributed by atoms with van der Waals surface area (Å²) >= 11 is 5.72. The molecule has 0 aromatic carbocycles. The molecule has 0 radical (unpaired) electrons. The molecule has 0 spiro atoms. The number of nitrogen functional groups attached to an aromatic ring is 1. The van der Waals surface area contributed by atoms with Crippen molar-refractivity contribution in [3.05, 3.63) is 11.5 Å². The molecule has 2 heterocycles. The number of amides is 1. The summed E-state index contributed by atoms with van der Waals surface area (Å²) in [4.78, 5) is 23.4. The van der Waals surface area contributed by atoms with Crippen molar-refractivity contribution < 1.29 is 4.79 Å². The summed E-state index contributed by atoms with van der Waals surface area (Å²) in [7, 11) is 1.77. The molecule has 18 heavy (non-hydrogen) atoms. The fraction of sp³-hybridized carbons (Fsp3) is 0.545. The molecular weight excluding hydrogens is 254 g/mol. The molecule has 0 bridgehead atoms. The molecular formula is C11H16ClN5O. The van der Waals surface area contributed by atoms with Crippen LogP contribution in [-0.2, 0) is 4.79 Å². The van der Waals surface area contributed by atoms with Gasteiger partial charge in [0.25, 0.3) is 0 Å². The lowest BCUT2D eigenvalue weighted by Gasteiger charge is -2.22. The molecule has 1 aliphatic rings. The van der Waals surface area contributed by atoms with Crippen LogP contribution in [0.4, 0.5) is 11.5 Å². The largest absolute Gasteiger partial charge is 0.394 e. The van der Waals surface area contributed by atoms with Crippen molar-refractivity contribution in [2.24, 2.45) is 0 Å². The maximum absolute atomic E-state index is 12.0. The van der Waals surface area contributed by atoms with Crippen molar-refractivity contribution in [2.75, 3.05) is 37.3 Å². The molecule has 0 aliphatic carbocycles. The summed E-state index contributed by atoms with van der Waals surface area (Å²) in [6, 6.07) is 0. The van der Waals surface area contributed by atoms with Crippen LogP contribution in [0.3, 0.4) is 0 Å². The van der Waals surface area contributed by atoms with Gasteiger partial charge in [0.2, 0.25) is 11.2 Å². The van der Waals surface area contributed by atoms with Gasteiger partial charge in [0, 0.05) is 20.1 Å². The first-order valence-electron chi connectivity index (χ1n) is 5.85. The van der Waals surface area contributed by atoms with Crippen molar-refractivity contribution >= 4 is 29.0 Å². The van der Waals surface area contributed by atoms with Crippen LogP contribution in [0.2, 0.25) is 5.28 Å². The first kappa shape index (κ1) is 12.9. The fourth-order valence-corrected chi connectivity index (χ4v) is 2.14. The SMILES string of the molecule is CN(CC(=O)N1CCCC1)c1nc(Cl)ncc1N. The molecule has 2 rings (SSSR count). The number of hydrogen-bond donors (Lipinski definition) is 1. The van der Waals surface area contributed by atoms with E-state index in [4.69, 9.17) is 17.3 Å². The molecule has 7 heteroatoms. The smallest absolute Gasteiger partial charge is 0.242 e. The maximum atomic E-state index is 12.0. The third kappa shape index (κ3) is 2.81. The van der Waals surface area contributed by atoms with Gasteiger partial charge in [-0.2, -0.15) is 4.98 Å². The highest BCUT2D eigenvalue weighted by atomic mass is 35.5. The Kier molecular flexibility index (Phi) is 3.86. The summed E-state index contributed by atoms with van der Waals surface area (Å²) in [5.74, 6) is 0.576. The van der Waals surface area contributed by atoms with Gasteiger partial charge < -0.3 is 15.5 Å². The molecule has 98 valence electrons. The molecule has 0 unspecified atom stereocenters. The molecule has 0 saturated carbocycles. The van der Waals surface area contributed by atoms with Gasteiger partial charge in [-0.3, -0.25) is 4.79 Å². The number of carbonyl (C=O) groups excluding carboxylic acids is 1. The average molecular weight is 270 g/mol. The van der Waals surface area contributed by atoms with Gasteiger partial charge >= 0.3 is 0 Å². The van der Waals surface area contributed by atoms with Crippen molar-refractivity contribution in [1.82, 2.24) is 14.9 Å². The fourth-order valence-electron chi connectivity index (χ4n) is 2.01. The second kappa shape index (κ2) is 5.39. The standard InChI is InChI=1S/C11H16ClN5O/c1-16(7-9(18)17-4-2-3-5-17)10-8(13)6-14-11(12)15-10/h6H,2-5,7,13H2,1H3. The van der Waals surface area contributed by atoms with Gasteiger partial charge in [-0.1, -0.05) is 0 Å². The Labute approximate surface area is 111 Å². The molecule has 1 aliphatic heterocycles. The van der Waals surface area contributed by atoms with Crippen molar-refractivity contribution in [2.45, 2.75) is 12.8 Å². The number of nitrogens with zero attached hydrogens (tertiary/aromatic N) is 4. The monoisotopic (exact) mass is 269 g/mol. The Balaban J connectivity index is 2.04. The highest BCUT2D eigenvalue weighted by Crippen LogP contribution is 2.20. The van der Waals surface area contributed by atoms with Crippen LogP contribution in [0.25, 0.3) is 0 Å². The Hall–Kier alpha value is -1.56. The van der Waals surface area contributed by atoms with Crippen LogP contribution in [-0.4, -0.2) is 47.5 Å². The van der Waals surface area contributed by atoms with Crippen LogP contribution >= 0.6 is 11.6 Å². The lowest BCUT2D eigenvalue weighted by atomic mass is 10.4. The normalized spacial score (nSPS) is 14.9. The van der Waals surface area contributed by atoms with Gasteiger partial charge in [0.15, 0.2) is 5.82 Å². The lowest BCUT2D eigenvalue weighted by molar-refractivity contribution is -0.128. The highest BCUT2D eigenvalue weighted by Gasteiger charge is 2.20. The van der Waals surface area contributed by atoms with E-state index < -0.39 is 0 Å². The lowest BCUT2D eigenvalue weighted by Crippen LogP contribution is -2.37. The third-order valence-electron chi connectivity index (χ3n) is 2.96. The summed E-state index contributed by atoms with van der Waals surface area (Å²) in [6.07, 6.45) is 3.61. The van der Waals surface area contributed by atoms with Gasteiger partial charge in [-0.15, -0.1) is 0 Å². The summed E-state index contributed by atoms with van der Waals surface area (Å²) < 4.78 is 0. The highest BCUT2D eigenvalue weighted by molar-refractivity contribution is 6.28. The second-order valence-corrected chi connectivity index (χ2v) is 4.70. The Morgan fingerprint density at radius 3 is 2.89 bits per heavy atom. The molecule has 1 aromatic heterocycles. The number of halogens is 1. The van der Waals surface area contributed by atoms with E-state index in [-0.39, 0.29) is 17.7 Å². The maximum Gasteiger partial charge on any atom is 0.242 e. The van der Waals surface area contributed by atoms with Crippen LogP contribution in [0.1, 0.15) is 12.8 Å². The number of likely N-dealkylation sites (N-methyl/N-ethyl adjacent to an activating group) is 1. The van der Waals surface area contributed by atoms with E-state index in [1.165, 1.54) is 6.20 Å². The van der Waals surface area contributed by atoms with Crippen LogP contribution in [0.15, 0.2) is 6.20 Å². The summed E-state index contributed by atoms with van der Waals surface area (Å²) in [5.41, 5.74) is 6.18. The number of carbonyl (C=O) groups is 1.